The number of carbonyl (C=O) groups is 4. The van der Waals surface area contributed by atoms with Gasteiger partial charge >= 0.3 is 11.2 Å². The van der Waals surface area contributed by atoms with Crippen LogP contribution in [0.3, 0.4) is 0 Å². The zero-order valence-corrected chi connectivity index (χ0v) is 23.8. The standard InChI is InChI=1S/C29H30N4O8S/c1-18-19-9-3-4-11-23(19)40-26(18)41-28(37)31-29(13-6-2-7-14-29)27(36)32-16-12-21-24(32)22(34)17-33(21)42(38,39)25(35)20-10-5-8-15-30-20/h3-5,8-11,15,21,24H,2,6-7,12-14,16-17H2,1H3,(H,31,37). The monoisotopic (exact) mass is 594 g/mol. The largest absolute Gasteiger partial charge is 0.425 e. The topological polar surface area (TPSA) is 156 Å². The molecule has 0 bridgehead atoms. The van der Waals surface area contributed by atoms with Gasteiger partial charge in [-0.05, 0) is 44.4 Å². The summed E-state index contributed by atoms with van der Waals surface area (Å²) in [5.74, 6) is -0.913. The van der Waals surface area contributed by atoms with Crippen LogP contribution >= 0.6 is 0 Å². The van der Waals surface area contributed by atoms with E-state index in [9.17, 15) is 27.6 Å². The molecule has 1 saturated carbocycles. The fourth-order valence-electron chi connectivity index (χ4n) is 6.42. The molecule has 42 heavy (non-hydrogen) atoms. The molecule has 2 aliphatic heterocycles. The number of ether oxygens (including phenoxy) is 1. The van der Waals surface area contributed by atoms with Crippen molar-refractivity contribution >= 4 is 43.9 Å². The highest BCUT2D eigenvalue weighted by Crippen LogP contribution is 2.38. The molecular formula is C29H30N4O8S. The van der Waals surface area contributed by atoms with Crippen molar-refractivity contribution in [3.8, 4) is 5.95 Å². The van der Waals surface area contributed by atoms with Crippen molar-refractivity contribution in [2.45, 2.75) is 63.1 Å². The number of rotatable bonds is 5. The molecule has 3 aliphatic rings. The lowest BCUT2D eigenvalue weighted by molar-refractivity contribution is -0.143. The number of hydrogen-bond acceptors (Lipinski definition) is 9. The molecule has 6 rings (SSSR count). The van der Waals surface area contributed by atoms with Gasteiger partial charge in [0.25, 0.3) is 16.0 Å². The Kier molecular flexibility index (Phi) is 7.09. The average molecular weight is 595 g/mol. The number of sulfonamides is 1. The first kappa shape index (κ1) is 28.0. The molecule has 13 heteroatoms. The van der Waals surface area contributed by atoms with Crippen LogP contribution in [0, 0.1) is 6.92 Å². The van der Waals surface area contributed by atoms with Gasteiger partial charge in [-0.1, -0.05) is 43.5 Å². The number of Topliss-reactive ketones (excluding diaryl/α,β-unsaturated/α-hetero) is 1. The first-order valence-corrected chi connectivity index (χ1v) is 15.4. The van der Waals surface area contributed by atoms with Gasteiger partial charge in [0.1, 0.15) is 22.9 Å². The molecule has 0 radical (unpaired) electrons. The predicted molar refractivity (Wildman–Crippen MR) is 149 cm³/mol. The fraction of sp³-hybridized carbons (Fsp3) is 0.414. The summed E-state index contributed by atoms with van der Waals surface area (Å²) < 4.78 is 38.7. The highest BCUT2D eigenvalue weighted by atomic mass is 32.2. The quantitative estimate of drug-likeness (QED) is 0.469. The van der Waals surface area contributed by atoms with Crippen molar-refractivity contribution in [1.82, 2.24) is 19.5 Å². The molecule has 0 spiro atoms. The highest BCUT2D eigenvalue weighted by molar-refractivity contribution is 8.04. The number of likely N-dealkylation sites (tertiary alicyclic amines) is 1. The number of pyridine rings is 1. The summed E-state index contributed by atoms with van der Waals surface area (Å²) in [6, 6.07) is 9.67. The molecule has 3 aromatic rings. The van der Waals surface area contributed by atoms with Crippen molar-refractivity contribution in [3.63, 3.8) is 0 Å². The van der Waals surface area contributed by atoms with Crippen molar-refractivity contribution in [3.05, 3.63) is 59.9 Å². The van der Waals surface area contributed by atoms with Crippen LogP contribution in [-0.2, 0) is 19.6 Å². The number of aryl methyl sites for hydroxylation is 1. The Morgan fingerprint density at radius 2 is 1.81 bits per heavy atom. The number of nitrogens with one attached hydrogen (secondary N) is 1. The molecule has 2 amide bonds. The molecule has 12 nitrogen and oxygen atoms in total. The van der Waals surface area contributed by atoms with E-state index in [2.05, 4.69) is 10.3 Å². The Bertz CT molecular complexity index is 1680. The van der Waals surface area contributed by atoms with Gasteiger partial charge < -0.3 is 19.4 Å². The van der Waals surface area contributed by atoms with E-state index < -0.39 is 57.1 Å². The number of ketones is 1. The van der Waals surface area contributed by atoms with E-state index in [1.54, 1.807) is 25.1 Å². The normalized spacial score (nSPS) is 22.2. The number of amides is 2. The summed E-state index contributed by atoms with van der Waals surface area (Å²) in [7, 11) is -4.56. The Balaban J connectivity index is 1.22. The SMILES string of the molecule is Cc1c(OC(=O)NC2(C(=O)N3CCC4C3C(=O)CN4S(=O)(=O)C(=O)c3ccccn3)CCCCC2)oc2ccccc12. The second kappa shape index (κ2) is 10.6. The Morgan fingerprint density at radius 1 is 1.07 bits per heavy atom. The van der Waals surface area contributed by atoms with Gasteiger partial charge in [-0.15, -0.1) is 0 Å². The fourth-order valence-corrected chi connectivity index (χ4v) is 7.89. The molecule has 2 unspecified atom stereocenters. The van der Waals surface area contributed by atoms with E-state index >= 15 is 0 Å². The second-order valence-electron chi connectivity index (χ2n) is 11.0. The minimum absolute atomic E-state index is 0.0257. The maximum Gasteiger partial charge on any atom is 0.415 e. The lowest BCUT2D eigenvalue weighted by Gasteiger charge is -2.40. The lowest BCUT2D eigenvalue weighted by Crippen LogP contribution is -2.62. The summed E-state index contributed by atoms with van der Waals surface area (Å²) >= 11 is 0. The van der Waals surface area contributed by atoms with E-state index in [1.165, 1.54) is 23.2 Å². The van der Waals surface area contributed by atoms with E-state index in [0.29, 0.717) is 36.8 Å². The van der Waals surface area contributed by atoms with Gasteiger partial charge in [-0.2, -0.15) is 4.31 Å². The van der Waals surface area contributed by atoms with E-state index in [-0.39, 0.29) is 24.6 Å². The molecule has 2 aromatic heterocycles. The first-order chi connectivity index (χ1) is 20.1. The maximum atomic E-state index is 14.2. The molecule has 220 valence electrons. The summed E-state index contributed by atoms with van der Waals surface area (Å²) in [4.78, 5) is 58.6. The number of hydrogen-bond donors (Lipinski definition) is 1. The Morgan fingerprint density at radius 3 is 2.52 bits per heavy atom. The van der Waals surface area contributed by atoms with Crippen molar-refractivity contribution in [1.29, 1.82) is 0 Å². The first-order valence-electron chi connectivity index (χ1n) is 13.9. The Hall–Kier alpha value is -4.10. The van der Waals surface area contributed by atoms with Gasteiger partial charge in [-0.25, -0.2) is 13.2 Å². The second-order valence-corrected chi connectivity index (χ2v) is 12.8. The molecule has 1 N–H and O–H groups in total. The number of aromatic nitrogens is 1. The predicted octanol–water partition coefficient (Wildman–Crippen LogP) is 2.95. The molecule has 4 heterocycles. The third kappa shape index (κ3) is 4.66. The minimum atomic E-state index is -4.56. The van der Waals surface area contributed by atoms with Gasteiger partial charge in [-0.3, -0.25) is 19.4 Å². The molecule has 2 saturated heterocycles. The summed E-state index contributed by atoms with van der Waals surface area (Å²) in [5.41, 5.74) is -0.376. The van der Waals surface area contributed by atoms with E-state index in [0.717, 1.165) is 16.1 Å². The molecular weight excluding hydrogens is 564 g/mol. The van der Waals surface area contributed by atoms with E-state index in [1.807, 2.05) is 12.1 Å². The third-order valence-corrected chi connectivity index (χ3v) is 10.2. The molecule has 1 aliphatic carbocycles. The van der Waals surface area contributed by atoms with Crippen LogP contribution in [-0.4, -0.2) is 76.2 Å². The highest BCUT2D eigenvalue weighted by Gasteiger charge is 2.57. The zero-order valence-electron chi connectivity index (χ0n) is 22.9. The molecule has 1 aromatic carbocycles. The van der Waals surface area contributed by atoms with Gasteiger partial charge in [0.2, 0.25) is 5.91 Å². The lowest BCUT2D eigenvalue weighted by atomic mass is 9.80. The maximum absolute atomic E-state index is 14.2. The van der Waals surface area contributed by atoms with Crippen LogP contribution in [0.5, 0.6) is 5.95 Å². The zero-order chi connectivity index (χ0) is 29.6. The number of para-hydroxylation sites is 1. The van der Waals surface area contributed by atoms with Crippen LogP contribution in [0.4, 0.5) is 4.79 Å². The van der Waals surface area contributed by atoms with E-state index in [4.69, 9.17) is 9.15 Å². The van der Waals surface area contributed by atoms with Crippen LogP contribution in [0.2, 0.25) is 0 Å². The number of nitrogens with zero attached hydrogens (tertiary/aromatic N) is 3. The smallest absolute Gasteiger partial charge is 0.415 e. The summed E-state index contributed by atoms with van der Waals surface area (Å²) in [5, 5.41) is 2.39. The molecule has 3 fully saturated rings. The minimum Gasteiger partial charge on any atom is -0.425 e. The number of furan rings is 1. The van der Waals surface area contributed by atoms with Crippen LogP contribution in [0.15, 0.2) is 53.1 Å². The third-order valence-electron chi connectivity index (χ3n) is 8.50. The van der Waals surface area contributed by atoms with Crippen LogP contribution in [0.1, 0.15) is 54.6 Å². The van der Waals surface area contributed by atoms with Crippen LogP contribution in [0.25, 0.3) is 11.0 Å². The number of fused-ring (bicyclic) bond motifs is 2. The number of carbonyl (C=O) groups excluding carboxylic acids is 4. The van der Waals surface area contributed by atoms with Crippen molar-refractivity contribution in [2.24, 2.45) is 0 Å². The average Bonchev–Trinajstić information content (AvgIpc) is 3.67. The van der Waals surface area contributed by atoms with Gasteiger partial charge in [0, 0.05) is 23.7 Å². The van der Waals surface area contributed by atoms with Crippen molar-refractivity contribution < 1.29 is 36.7 Å². The van der Waals surface area contributed by atoms with Crippen LogP contribution < -0.4 is 10.1 Å². The molecule has 2 atom stereocenters. The summed E-state index contributed by atoms with van der Waals surface area (Å²) in [6.07, 6.45) is 3.52. The number of benzene rings is 1. The van der Waals surface area contributed by atoms with Crippen molar-refractivity contribution in [2.75, 3.05) is 13.1 Å². The Labute approximate surface area is 242 Å². The summed E-state index contributed by atoms with van der Waals surface area (Å²) in [6.45, 7) is 1.35. The van der Waals surface area contributed by atoms with Gasteiger partial charge in [0.15, 0.2) is 5.78 Å². The van der Waals surface area contributed by atoms with Gasteiger partial charge in [0.05, 0.1) is 12.6 Å².